The molecule has 3 nitrogen and oxygen atoms in total. The molecule has 1 fully saturated rings. The van der Waals surface area contributed by atoms with E-state index in [2.05, 4.69) is 19.9 Å². The zero-order valence-corrected chi connectivity index (χ0v) is 14.5. The van der Waals surface area contributed by atoms with Crippen molar-refractivity contribution in [1.29, 1.82) is 0 Å². The summed E-state index contributed by atoms with van der Waals surface area (Å²) < 4.78 is 5.55. The fourth-order valence-corrected chi connectivity index (χ4v) is 4.01. The molecule has 0 bridgehead atoms. The quantitative estimate of drug-likeness (QED) is 0.828. The molecule has 1 aromatic carbocycles. The van der Waals surface area contributed by atoms with Gasteiger partial charge in [-0.15, -0.1) is 0 Å². The molecule has 0 amide bonds. The summed E-state index contributed by atoms with van der Waals surface area (Å²) in [6.45, 7) is 4.28. The van der Waals surface area contributed by atoms with Crippen LogP contribution in [0.5, 0.6) is 5.75 Å². The van der Waals surface area contributed by atoms with E-state index in [1.165, 1.54) is 24.8 Å². The maximum atomic E-state index is 12.8. The standard InChI is InChI=1S/C20H27NO2/c1-20(2)13-15-10-7-11-18(23-3)19(15)16(21-20)12-17(22)14-8-5-4-6-9-14/h7,10-11,14H,4-6,8-9,12-13H2,1-3H3. The van der Waals surface area contributed by atoms with E-state index in [0.29, 0.717) is 12.2 Å². The topological polar surface area (TPSA) is 38.7 Å². The minimum atomic E-state index is -0.151. The van der Waals surface area contributed by atoms with Crippen LogP contribution in [0.1, 0.15) is 63.5 Å². The highest BCUT2D eigenvalue weighted by molar-refractivity contribution is 6.14. The number of aliphatic imine (C=N–C) groups is 1. The van der Waals surface area contributed by atoms with Crippen LogP contribution in [0.2, 0.25) is 0 Å². The molecular weight excluding hydrogens is 286 g/mol. The predicted octanol–water partition coefficient (Wildman–Crippen LogP) is 4.36. The van der Waals surface area contributed by atoms with Gasteiger partial charge in [-0.1, -0.05) is 31.4 Å². The van der Waals surface area contributed by atoms with Crippen LogP contribution in [0.3, 0.4) is 0 Å². The molecule has 0 spiro atoms. The summed E-state index contributed by atoms with van der Waals surface area (Å²) in [5, 5.41) is 0. The average Bonchev–Trinajstić information content (AvgIpc) is 2.53. The van der Waals surface area contributed by atoms with Gasteiger partial charge in [0.1, 0.15) is 11.5 Å². The third kappa shape index (κ3) is 3.49. The number of hydrogen-bond donors (Lipinski definition) is 0. The van der Waals surface area contributed by atoms with Crippen molar-refractivity contribution >= 4 is 11.5 Å². The lowest BCUT2D eigenvalue weighted by atomic mass is 9.81. The molecule has 23 heavy (non-hydrogen) atoms. The molecule has 1 aromatic rings. The number of Topliss-reactive ketones (excluding diaryl/α,β-unsaturated/α-hetero) is 1. The molecule has 124 valence electrons. The predicted molar refractivity (Wildman–Crippen MR) is 93.5 cm³/mol. The van der Waals surface area contributed by atoms with Crippen molar-refractivity contribution in [2.75, 3.05) is 7.11 Å². The van der Waals surface area contributed by atoms with Crippen LogP contribution in [-0.2, 0) is 11.2 Å². The van der Waals surface area contributed by atoms with E-state index in [1.54, 1.807) is 7.11 Å². The Morgan fingerprint density at radius 1 is 1.26 bits per heavy atom. The van der Waals surface area contributed by atoms with Gasteiger partial charge in [0.15, 0.2) is 0 Å². The lowest BCUT2D eigenvalue weighted by Gasteiger charge is -2.30. The Morgan fingerprint density at radius 2 is 2.00 bits per heavy atom. The van der Waals surface area contributed by atoms with E-state index in [1.807, 2.05) is 12.1 Å². The molecule has 1 aliphatic carbocycles. The van der Waals surface area contributed by atoms with Crippen LogP contribution < -0.4 is 4.74 Å². The highest BCUT2D eigenvalue weighted by Gasteiger charge is 2.31. The first-order valence-corrected chi connectivity index (χ1v) is 8.78. The summed E-state index contributed by atoms with van der Waals surface area (Å²) in [7, 11) is 1.69. The summed E-state index contributed by atoms with van der Waals surface area (Å²) in [6, 6.07) is 6.14. The Hall–Kier alpha value is -1.64. The van der Waals surface area contributed by atoms with Crippen molar-refractivity contribution in [2.24, 2.45) is 10.9 Å². The Balaban J connectivity index is 1.90. The maximum absolute atomic E-state index is 12.8. The van der Waals surface area contributed by atoms with Crippen molar-refractivity contribution in [3.8, 4) is 5.75 Å². The monoisotopic (exact) mass is 313 g/mol. The van der Waals surface area contributed by atoms with Gasteiger partial charge in [0.25, 0.3) is 0 Å². The third-order valence-electron chi connectivity index (χ3n) is 5.08. The van der Waals surface area contributed by atoms with Crippen molar-refractivity contribution in [3.05, 3.63) is 29.3 Å². The summed E-state index contributed by atoms with van der Waals surface area (Å²) in [5.41, 5.74) is 3.07. The fourth-order valence-electron chi connectivity index (χ4n) is 4.01. The maximum Gasteiger partial charge on any atom is 0.141 e. The second-order valence-corrected chi connectivity index (χ2v) is 7.52. The zero-order valence-electron chi connectivity index (χ0n) is 14.5. The first-order chi connectivity index (χ1) is 11.0. The Morgan fingerprint density at radius 3 is 2.70 bits per heavy atom. The van der Waals surface area contributed by atoms with Gasteiger partial charge in [-0.2, -0.15) is 0 Å². The number of rotatable bonds is 4. The zero-order chi connectivity index (χ0) is 16.4. The normalized spacial score (nSPS) is 20.6. The molecule has 0 atom stereocenters. The highest BCUT2D eigenvalue weighted by Crippen LogP contribution is 2.34. The van der Waals surface area contributed by atoms with Crippen LogP contribution in [0.4, 0.5) is 0 Å². The molecule has 0 saturated heterocycles. The van der Waals surface area contributed by atoms with Gasteiger partial charge in [-0.05, 0) is 44.7 Å². The number of fused-ring (bicyclic) bond motifs is 1. The molecule has 0 unspecified atom stereocenters. The SMILES string of the molecule is COc1cccc2c1C(CC(=O)C1CCCCC1)=NC(C)(C)C2. The number of carbonyl (C=O) groups excluding carboxylic acids is 1. The summed E-state index contributed by atoms with van der Waals surface area (Å²) in [4.78, 5) is 17.7. The van der Waals surface area contributed by atoms with E-state index < -0.39 is 0 Å². The second-order valence-electron chi connectivity index (χ2n) is 7.52. The lowest BCUT2D eigenvalue weighted by Crippen LogP contribution is -2.31. The molecule has 1 aliphatic heterocycles. The van der Waals surface area contributed by atoms with Gasteiger partial charge >= 0.3 is 0 Å². The van der Waals surface area contributed by atoms with Gasteiger partial charge in [-0.25, -0.2) is 0 Å². The minimum absolute atomic E-state index is 0.151. The summed E-state index contributed by atoms with van der Waals surface area (Å²) in [6.07, 6.45) is 7.09. The van der Waals surface area contributed by atoms with Crippen molar-refractivity contribution < 1.29 is 9.53 Å². The van der Waals surface area contributed by atoms with Gasteiger partial charge in [0, 0.05) is 17.9 Å². The van der Waals surface area contributed by atoms with E-state index in [9.17, 15) is 4.79 Å². The third-order valence-corrected chi connectivity index (χ3v) is 5.08. The first-order valence-electron chi connectivity index (χ1n) is 8.78. The van der Waals surface area contributed by atoms with Crippen molar-refractivity contribution in [2.45, 2.75) is 64.3 Å². The highest BCUT2D eigenvalue weighted by atomic mass is 16.5. The van der Waals surface area contributed by atoms with Gasteiger partial charge < -0.3 is 4.74 Å². The van der Waals surface area contributed by atoms with Crippen molar-refractivity contribution in [1.82, 2.24) is 0 Å². The molecule has 1 heterocycles. The van der Waals surface area contributed by atoms with Gasteiger partial charge in [0.05, 0.1) is 18.4 Å². The Kier molecular flexibility index (Phi) is 4.56. The van der Waals surface area contributed by atoms with E-state index >= 15 is 0 Å². The number of methoxy groups -OCH3 is 1. The van der Waals surface area contributed by atoms with Crippen molar-refractivity contribution in [3.63, 3.8) is 0 Å². The van der Waals surface area contributed by atoms with Crippen LogP contribution in [0, 0.1) is 5.92 Å². The molecule has 0 N–H and O–H groups in total. The molecule has 3 heteroatoms. The van der Waals surface area contributed by atoms with Gasteiger partial charge in [-0.3, -0.25) is 9.79 Å². The number of ether oxygens (including phenoxy) is 1. The molecule has 2 aliphatic rings. The van der Waals surface area contributed by atoms with Crippen LogP contribution >= 0.6 is 0 Å². The van der Waals surface area contributed by atoms with E-state index in [4.69, 9.17) is 9.73 Å². The fraction of sp³-hybridized carbons (Fsp3) is 0.600. The Bertz CT molecular complexity index is 625. The molecule has 3 rings (SSSR count). The number of hydrogen-bond acceptors (Lipinski definition) is 3. The number of carbonyl (C=O) groups is 1. The second kappa shape index (κ2) is 6.46. The van der Waals surface area contributed by atoms with Crippen LogP contribution in [0.15, 0.2) is 23.2 Å². The molecular formula is C20H27NO2. The lowest BCUT2D eigenvalue weighted by molar-refractivity contribution is -0.122. The number of benzene rings is 1. The summed E-state index contributed by atoms with van der Waals surface area (Å²) in [5.74, 6) is 1.43. The van der Waals surface area contributed by atoms with Gasteiger partial charge in [0.2, 0.25) is 0 Å². The van der Waals surface area contributed by atoms with Crippen LogP contribution in [-0.4, -0.2) is 24.1 Å². The summed E-state index contributed by atoms with van der Waals surface area (Å²) >= 11 is 0. The minimum Gasteiger partial charge on any atom is -0.496 e. The average molecular weight is 313 g/mol. The van der Waals surface area contributed by atoms with Crippen LogP contribution in [0.25, 0.3) is 0 Å². The van der Waals surface area contributed by atoms with E-state index in [-0.39, 0.29) is 11.5 Å². The number of ketones is 1. The number of nitrogens with zero attached hydrogens (tertiary/aromatic N) is 1. The molecule has 0 aromatic heterocycles. The largest absolute Gasteiger partial charge is 0.496 e. The smallest absolute Gasteiger partial charge is 0.141 e. The molecule has 1 saturated carbocycles. The van der Waals surface area contributed by atoms with E-state index in [0.717, 1.165) is 36.3 Å². The molecule has 0 radical (unpaired) electrons. The Labute approximate surface area is 139 Å². The first kappa shape index (κ1) is 16.2.